The lowest BCUT2D eigenvalue weighted by Crippen LogP contribution is -2.49. The van der Waals surface area contributed by atoms with Crippen molar-refractivity contribution in [2.24, 2.45) is 0 Å². The van der Waals surface area contributed by atoms with E-state index in [0.29, 0.717) is 0 Å². The van der Waals surface area contributed by atoms with E-state index in [2.05, 4.69) is 33.3 Å². The van der Waals surface area contributed by atoms with Gasteiger partial charge in [-0.3, -0.25) is 9.48 Å². The van der Waals surface area contributed by atoms with E-state index in [1.807, 2.05) is 36.1 Å². The lowest BCUT2D eigenvalue weighted by molar-refractivity contribution is -0.119. The maximum atomic E-state index is 12.5. The highest BCUT2D eigenvalue weighted by atomic mass is 16.2. The van der Waals surface area contributed by atoms with E-state index in [4.69, 9.17) is 4.98 Å². The van der Waals surface area contributed by atoms with Crippen LogP contribution in [0.25, 0.3) is 0 Å². The molecule has 7 heteroatoms. The average Bonchev–Trinajstić information content (AvgIpc) is 3.41. The third-order valence-corrected chi connectivity index (χ3v) is 5.81. The van der Waals surface area contributed by atoms with E-state index in [1.165, 1.54) is 11.1 Å². The molecule has 1 saturated heterocycles. The summed E-state index contributed by atoms with van der Waals surface area (Å²) in [4.78, 5) is 25.7. The molecule has 148 valence electrons. The number of carbonyl (C=O) groups excluding carboxylic acids is 1. The van der Waals surface area contributed by atoms with E-state index in [-0.39, 0.29) is 11.9 Å². The number of aryl methyl sites for hydroxylation is 2. The van der Waals surface area contributed by atoms with Crippen LogP contribution in [-0.2, 0) is 24.2 Å². The van der Waals surface area contributed by atoms with Crippen LogP contribution in [0, 0.1) is 0 Å². The van der Waals surface area contributed by atoms with Gasteiger partial charge in [-0.05, 0) is 30.4 Å². The summed E-state index contributed by atoms with van der Waals surface area (Å²) in [6.07, 6.45) is 9.33. The highest BCUT2D eigenvalue weighted by Crippen LogP contribution is 2.37. The SMILES string of the molecule is CN1C(=O)[C@@H]2CCCN2c2nc(CCc3cnn(Cc4ccccc4)c3)ncc21. The Labute approximate surface area is 170 Å². The quantitative estimate of drug-likeness (QED) is 0.672. The van der Waals surface area contributed by atoms with Gasteiger partial charge < -0.3 is 9.80 Å². The molecule has 2 aromatic heterocycles. The summed E-state index contributed by atoms with van der Waals surface area (Å²) in [5.74, 6) is 1.87. The van der Waals surface area contributed by atoms with Crippen molar-refractivity contribution in [2.75, 3.05) is 23.4 Å². The minimum atomic E-state index is -0.0635. The van der Waals surface area contributed by atoms with Crippen molar-refractivity contribution in [3.05, 3.63) is 65.9 Å². The van der Waals surface area contributed by atoms with Crippen molar-refractivity contribution in [1.82, 2.24) is 19.7 Å². The predicted octanol–water partition coefficient (Wildman–Crippen LogP) is 2.45. The third kappa shape index (κ3) is 3.37. The third-order valence-electron chi connectivity index (χ3n) is 5.81. The molecule has 0 unspecified atom stereocenters. The summed E-state index contributed by atoms with van der Waals surface area (Å²) in [5, 5.41) is 4.48. The van der Waals surface area contributed by atoms with Crippen molar-refractivity contribution in [3.63, 3.8) is 0 Å². The normalized spacial score (nSPS) is 18.1. The molecule has 1 amide bonds. The number of anilines is 2. The van der Waals surface area contributed by atoms with Crippen molar-refractivity contribution in [2.45, 2.75) is 38.3 Å². The second-order valence-corrected chi connectivity index (χ2v) is 7.78. The molecule has 4 heterocycles. The zero-order valence-electron chi connectivity index (χ0n) is 16.5. The summed E-state index contributed by atoms with van der Waals surface area (Å²) in [6.45, 7) is 1.66. The van der Waals surface area contributed by atoms with E-state index in [0.717, 1.165) is 56.1 Å². The van der Waals surface area contributed by atoms with Gasteiger partial charge in [0.2, 0.25) is 5.91 Å². The molecule has 1 aromatic carbocycles. The molecule has 7 nitrogen and oxygen atoms in total. The van der Waals surface area contributed by atoms with E-state index < -0.39 is 0 Å². The Bertz CT molecular complexity index is 1030. The molecule has 5 rings (SSSR count). The first kappa shape index (κ1) is 17.8. The van der Waals surface area contributed by atoms with Crippen LogP contribution in [0.5, 0.6) is 0 Å². The Balaban J connectivity index is 1.29. The molecule has 0 aliphatic carbocycles. The van der Waals surface area contributed by atoms with Gasteiger partial charge in [0.25, 0.3) is 0 Å². The molecule has 0 radical (unpaired) electrons. The molecule has 0 saturated carbocycles. The molecular weight excluding hydrogens is 364 g/mol. The standard InChI is InChI=1S/C22H24N6O/c1-26-19-13-23-20(25-21(19)28-11-5-8-18(28)22(26)29)10-9-17-12-24-27(15-17)14-16-6-3-2-4-7-16/h2-4,6-7,12-13,15,18H,5,8-11,14H2,1H3/t18-/m0/s1. The molecule has 2 aliphatic rings. The van der Waals surface area contributed by atoms with Gasteiger partial charge in [-0.25, -0.2) is 9.97 Å². The summed E-state index contributed by atoms with van der Waals surface area (Å²) >= 11 is 0. The van der Waals surface area contributed by atoms with Crippen LogP contribution >= 0.6 is 0 Å². The minimum Gasteiger partial charge on any atom is -0.343 e. The van der Waals surface area contributed by atoms with Crippen molar-refractivity contribution in [3.8, 4) is 0 Å². The molecule has 0 spiro atoms. The first-order valence-electron chi connectivity index (χ1n) is 10.1. The number of hydrogen-bond acceptors (Lipinski definition) is 5. The van der Waals surface area contributed by atoms with Crippen molar-refractivity contribution >= 4 is 17.4 Å². The van der Waals surface area contributed by atoms with Gasteiger partial charge in [-0.15, -0.1) is 0 Å². The van der Waals surface area contributed by atoms with Gasteiger partial charge in [0.1, 0.15) is 17.6 Å². The number of carbonyl (C=O) groups is 1. The zero-order valence-corrected chi connectivity index (χ0v) is 16.5. The fourth-order valence-corrected chi connectivity index (χ4v) is 4.24. The van der Waals surface area contributed by atoms with E-state index in [9.17, 15) is 4.79 Å². The summed E-state index contributed by atoms with van der Waals surface area (Å²) in [7, 11) is 1.82. The number of nitrogens with zero attached hydrogens (tertiary/aromatic N) is 6. The number of aromatic nitrogens is 4. The van der Waals surface area contributed by atoms with E-state index in [1.54, 1.807) is 11.1 Å². The first-order valence-corrected chi connectivity index (χ1v) is 10.1. The first-order chi connectivity index (χ1) is 14.2. The van der Waals surface area contributed by atoms with Crippen LogP contribution in [0.15, 0.2) is 48.9 Å². The fourth-order valence-electron chi connectivity index (χ4n) is 4.24. The number of rotatable bonds is 5. The smallest absolute Gasteiger partial charge is 0.249 e. The molecule has 0 N–H and O–H groups in total. The lowest BCUT2D eigenvalue weighted by atomic mass is 10.1. The summed E-state index contributed by atoms with van der Waals surface area (Å²) < 4.78 is 1.97. The van der Waals surface area contributed by atoms with Crippen LogP contribution in [0.3, 0.4) is 0 Å². The van der Waals surface area contributed by atoms with Crippen LogP contribution in [-0.4, -0.2) is 45.3 Å². The van der Waals surface area contributed by atoms with Crippen LogP contribution in [0.2, 0.25) is 0 Å². The molecule has 2 aliphatic heterocycles. The molecule has 1 atom stereocenters. The minimum absolute atomic E-state index is 0.0635. The topological polar surface area (TPSA) is 67.2 Å². The summed E-state index contributed by atoms with van der Waals surface area (Å²) in [5.41, 5.74) is 3.22. The monoisotopic (exact) mass is 388 g/mol. The maximum absolute atomic E-state index is 12.5. The molecule has 1 fully saturated rings. The van der Waals surface area contributed by atoms with Gasteiger partial charge in [0, 0.05) is 26.2 Å². The number of hydrogen-bond donors (Lipinski definition) is 0. The Morgan fingerprint density at radius 1 is 1.10 bits per heavy atom. The van der Waals surface area contributed by atoms with Gasteiger partial charge >= 0.3 is 0 Å². The van der Waals surface area contributed by atoms with E-state index >= 15 is 0 Å². The molecule has 3 aromatic rings. The predicted molar refractivity (Wildman–Crippen MR) is 111 cm³/mol. The number of benzene rings is 1. The van der Waals surface area contributed by atoms with Crippen LogP contribution < -0.4 is 9.80 Å². The molecule has 29 heavy (non-hydrogen) atoms. The van der Waals surface area contributed by atoms with Gasteiger partial charge in [0.15, 0.2) is 5.82 Å². The lowest BCUT2D eigenvalue weighted by Gasteiger charge is -2.36. The highest BCUT2D eigenvalue weighted by Gasteiger charge is 2.40. The summed E-state index contributed by atoms with van der Waals surface area (Å²) in [6, 6.07) is 10.3. The Hall–Kier alpha value is -3.22. The van der Waals surface area contributed by atoms with Gasteiger partial charge in [-0.1, -0.05) is 30.3 Å². The molecular formula is C22H24N6O. The zero-order chi connectivity index (χ0) is 19.8. The van der Waals surface area contributed by atoms with Crippen molar-refractivity contribution in [1.29, 1.82) is 0 Å². The Morgan fingerprint density at radius 3 is 2.83 bits per heavy atom. The largest absolute Gasteiger partial charge is 0.343 e. The number of likely N-dealkylation sites (N-methyl/N-ethyl adjacent to an activating group) is 1. The highest BCUT2D eigenvalue weighted by molar-refractivity contribution is 6.04. The van der Waals surface area contributed by atoms with Crippen LogP contribution in [0.4, 0.5) is 11.5 Å². The van der Waals surface area contributed by atoms with Gasteiger partial charge in [0.05, 0.1) is 18.9 Å². The average molecular weight is 388 g/mol. The Kier molecular flexibility index (Phi) is 4.50. The second kappa shape index (κ2) is 7.31. The van der Waals surface area contributed by atoms with Gasteiger partial charge in [-0.2, -0.15) is 5.10 Å². The molecule has 0 bridgehead atoms. The van der Waals surface area contributed by atoms with Crippen LogP contribution in [0.1, 0.15) is 29.8 Å². The Morgan fingerprint density at radius 2 is 1.97 bits per heavy atom. The maximum Gasteiger partial charge on any atom is 0.249 e. The number of amides is 1. The fraction of sp³-hybridized carbons (Fsp3) is 0.364. The van der Waals surface area contributed by atoms with Crippen molar-refractivity contribution < 1.29 is 4.79 Å². The second-order valence-electron chi connectivity index (χ2n) is 7.78. The number of fused-ring (bicyclic) bond motifs is 3.